The Balaban J connectivity index is 1.96. The van der Waals surface area contributed by atoms with Crippen molar-refractivity contribution in [2.75, 3.05) is 0 Å². The lowest BCUT2D eigenvalue weighted by atomic mass is 9.81. The molecule has 1 aromatic carbocycles. The van der Waals surface area contributed by atoms with Crippen molar-refractivity contribution in [1.82, 2.24) is 10.6 Å². The number of alkyl halides is 3. The van der Waals surface area contributed by atoms with E-state index in [0.717, 1.165) is 0 Å². The van der Waals surface area contributed by atoms with Crippen molar-refractivity contribution in [1.29, 1.82) is 0 Å². The van der Waals surface area contributed by atoms with Gasteiger partial charge < -0.3 is 15.4 Å². The minimum Gasteiger partial charge on any atom is -0.489 e. The number of carbonyl (C=O) groups excluding carboxylic acids is 3. The lowest BCUT2D eigenvalue weighted by molar-refractivity contribution is -0.174. The molecule has 6 nitrogen and oxygen atoms in total. The summed E-state index contributed by atoms with van der Waals surface area (Å²) in [6.07, 6.45) is -2.46. The summed E-state index contributed by atoms with van der Waals surface area (Å²) in [5, 5.41) is 5.08. The third-order valence-electron chi connectivity index (χ3n) is 5.61. The van der Waals surface area contributed by atoms with Gasteiger partial charge in [0.15, 0.2) is 5.78 Å². The first kappa shape index (κ1) is 27.0. The minimum atomic E-state index is -4.90. The molecule has 1 aromatic rings. The number of halogens is 4. The van der Waals surface area contributed by atoms with Crippen LogP contribution in [-0.4, -0.2) is 42.0 Å². The normalized spacial score (nSPS) is 19.6. The molecule has 0 saturated heterocycles. The highest BCUT2D eigenvalue weighted by atomic mass is 35.5. The van der Waals surface area contributed by atoms with Crippen LogP contribution in [-0.2, 0) is 9.59 Å². The van der Waals surface area contributed by atoms with Gasteiger partial charge in [-0.1, -0.05) is 18.5 Å². The molecule has 1 aliphatic carbocycles. The maximum absolute atomic E-state index is 12.8. The SMILES string of the molecule is CCC(=O)C(CC1CCC(NC(=O)C(F)(F)F)CC1)NC(=O)c1ccc(OC(C)C)c(Cl)c1. The number of hydrogen-bond acceptors (Lipinski definition) is 4. The monoisotopic (exact) mass is 490 g/mol. The van der Waals surface area contributed by atoms with Crippen LogP contribution in [0.4, 0.5) is 13.2 Å². The van der Waals surface area contributed by atoms with Gasteiger partial charge in [-0.15, -0.1) is 0 Å². The van der Waals surface area contributed by atoms with Crippen LogP contribution >= 0.6 is 11.6 Å². The second-order valence-electron chi connectivity index (χ2n) is 8.58. The summed E-state index contributed by atoms with van der Waals surface area (Å²) in [5.41, 5.74) is 0.295. The van der Waals surface area contributed by atoms with Gasteiger partial charge in [0.05, 0.1) is 17.2 Å². The predicted octanol–water partition coefficient (Wildman–Crippen LogP) is 4.83. The summed E-state index contributed by atoms with van der Waals surface area (Å²) in [5.74, 6) is -1.98. The lowest BCUT2D eigenvalue weighted by Crippen LogP contribution is -2.46. The zero-order valence-corrected chi connectivity index (χ0v) is 19.7. The zero-order valence-electron chi connectivity index (χ0n) is 18.9. The van der Waals surface area contributed by atoms with Gasteiger partial charge in [-0.2, -0.15) is 13.2 Å². The van der Waals surface area contributed by atoms with E-state index in [1.54, 1.807) is 19.1 Å². The Morgan fingerprint density at radius 2 is 1.79 bits per heavy atom. The van der Waals surface area contributed by atoms with Gasteiger partial charge in [-0.25, -0.2) is 0 Å². The van der Waals surface area contributed by atoms with Crippen molar-refractivity contribution in [2.24, 2.45) is 5.92 Å². The highest BCUT2D eigenvalue weighted by molar-refractivity contribution is 6.32. The average molecular weight is 491 g/mol. The van der Waals surface area contributed by atoms with Crippen LogP contribution in [0.15, 0.2) is 18.2 Å². The fourth-order valence-electron chi connectivity index (χ4n) is 3.89. The van der Waals surface area contributed by atoms with Crippen LogP contribution in [0.25, 0.3) is 0 Å². The topological polar surface area (TPSA) is 84.5 Å². The third kappa shape index (κ3) is 8.21. The van der Waals surface area contributed by atoms with Crippen molar-refractivity contribution in [3.05, 3.63) is 28.8 Å². The molecule has 0 spiro atoms. The van der Waals surface area contributed by atoms with E-state index in [9.17, 15) is 27.6 Å². The van der Waals surface area contributed by atoms with Crippen LogP contribution in [0, 0.1) is 5.92 Å². The number of rotatable bonds is 9. The minimum absolute atomic E-state index is 0.0512. The Kier molecular flexibility index (Phi) is 9.57. The Bertz CT molecular complexity index is 853. The van der Waals surface area contributed by atoms with E-state index >= 15 is 0 Å². The van der Waals surface area contributed by atoms with E-state index in [1.807, 2.05) is 19.2 Å². The van der Waals surface area contributed by atoms with Gasteiger partial charge >= 0.3 is 12.1 Å². The first-order valence-corrected chi connectivity index (χ1v) is 11.5. The molecule has 2 N–H and O–H groups in total. The molecule has 0 aromatic heterocycles. The van der Waals surface area contributed by atoms with E-state index in [0.29, 0.717) is 43.4 Å². The number of ketones is 1. The van der Waals surface area contributed by atoms with Gasteiger partial charge in [0.1, 0.15) is 5.75 Å². The van der Waals surface area contributed by atoms with Crippen LogP contribution < -0.4 is 15.4 Å². The number of hydrogen-bond donors (Lipinski definition) is 2. The number of ether oxygens (including phenoxy) is 1. The molecule has 33 heavy (non-hydrogen) atoms. The Hall–Kier alpha value is -2.29. The summed E-state index contributed by atoms with van der Waals surface area (Å²) in [6.45, 7) is 5.42. The molecule has 2 amide bonds. The Morgan fingerprint density at radius 3 is 2.30 bits per heavy atom. The summed E-state index contributed by atoms with van der Waals surface area (Å²) in [6, 6.07) is 3.40. The van der Waals surface area contributed by atoms with Crippen LogP contribution in [0.3, 0.4) is 0 Å². The van der Waals surface area contributed by atoms with Crippen LogP contribution in [0.2, 0.25) is 5.02 Å². The molecule has 0 aliphatic heterocycles. The van der Waals surface area contributed by atoms with Crippen molar-refractivity contribution in [2.45, 2.75) is 83.7 Å². The van der Waals surface area contributed by atoms with Gasteiger partial charge in [-0.3, -0.25) is 14.4 Å². The maximum atomic E-state index is 12.8. The zero-order chi connectivity index (χ0) is 24.8. The molecule has 1 saturated carbocycles. The Morgan fingerprint density at radius 1 is 1.15 bits per heavy atom. The van der Waals surface area contributed by atoms with Crippen molar-refractivity contribution in [3.8, 4) is 5.75 Å². The van der Waals surface area contributed by atoms with Gasteiger partial charge in [0, 0.05) is 18.0 Å². The second kappa shape index (κ2) is 11.7. The number of amides is 2. The molecule has 0 bridgehead atoms. The first-order valence-electron chi connectivity index (χ1n) is 11.1. The molecule has 1 aliphatic rings. The number of benzene rings is 1. The number of Topliss-reactive ketones (excluding diaryl/α,β-unsaturated/α-hetero) is 1. The molecule has 1 atom stereocenters. The van der Waals surface area contributed by atoms with Gasteiger partial charge in [0.2, 0.25) is 0 Å². The number of carbonyl (C=O) groups is 3. The summed E-state index contributed by atoms with van der Waals surface area (Å²) in [4.78, 5) is 36.4. The number of nitrogens with one attached hydrogen (secondary N) is 2. The molecular weight excluding hydrogens is 461 g/mol. The van der Waals surface area contributed by atoms with E-state index in [2.05, 4.69) is 5.32 Å². The lowest BCUT2D eigenvalue weighted by Gasteiger charge is -2.31. The molecule has 1 fully saturated rings. The average Bonchev–Trinajstić information content (AvgIpc) is 2.74. The van der Waals surface area contributed by atoms with Crippen LogP contribution in [0.5, 0.6) is 5.75 Å². The van der Waals surface area contributed by atoms with E-state index < -0.39 is 30.1 Å². The molecule has 0 radical (unpaired) electrons. The molecule has 2 rings (SSSR count). The Labute approximate surface area is 196 Å². The summed E-state index contributed by atoms with van der Waals surface area (Å²) in [7, 11) is 0. The second-order valence-corrected chi connectivity index (χ2v) is 8.99. The first-order chi connectivity index (χ1) is 15.4. The highest BCUT2D eigenvalue weighted by Gasteiger charge is 2.40. The smallest absolute Gasteiger partial charge is 0.471 e. The van der Waals surface area contributed by atoms with Crippen molar-refractivity contribution < 1.29 is 32.3 Å². The van der Waals surface area contributed by atoms with Crippen molar-refractivity contribution >= 4 is 29.2 Å². The fraction of sp³-hybridized carbons (Fsp3) is 0.609. The van der Waals surface area contributed by atoms with Crippen LogP contribution in [0.1, 0.15) is 69.7 Å². The summed E-state index contributed by atoms with van der Waals surface area (Å²) >= 11 is 6.21. The predicted molar refractivity (Wildman–Crippen MR) is 118 cm³/mol. The molecular formula is C23H30ClF3N2O4. The molecule has 184 valence electrons. The highest BCUT2D eigenvalue weighted by Crippen LogP contribution is 2.30. The molecule has 0 heterocycles. The van der Waals surface area contributed by atoms with E-state index in [4.69, 9.17) is 16.3 Å². The largest absolute Gasteiger partial charge is 0.489 e. The standard InChI is InChI=1S/C23H30ClF3N2O4/c1-4-19(30)18(11-14-5-8-16(9-6-14)28-22(32)23(25,26)27)29-21(31)15-7-10-20(17(24)12-15)33-13(2)3/h7,10,12-14,16,18H,4-6,8-9,11H2,1-3H3,(H,28,32)(H,29,31). The van der Waals surface area contributed by atoms with E-state index in [1.165, 1.54) is 6.07 Å². The van der Waals surface area contributed by atoms with Crippen molar-refractivity contribution in [3.63, 3.8) is 0 Å². The quantitative estimate of drug-likeness (QED) is 0.519. The van der Waals surface area contributed by atoms with E-state index in [-0.39, 0.29) is 29.2 Å². The summed E-state index contributed by atoms with van der Waals surface area (Å²) < 4.78 is 42.9. The maximum Gasteiger partial charge on any atom is 0.471 e. The molecule has 10 heteroatoms. The molecule has 1 unspecified atom stereocenters. The van der Waals surface area contributed by atoms with Gasteiger partial charge in [0.25, 0.3) is 5.91 Å². The van der Waals surface area contributed by atoms with Gasteiger partial charge in [-0.05, 0) is 70.1 Å². The third-order valence-corrected chi connectivity index (χ3v) is 5.90. The fourth-order valence-corrected chi connectivity index (χ4v) is 4.12.